The Morgan fingerprint density at radius 2 is 2.00 bits per heavy atom. The number of hydrogen-bond donors (Lipinski definition) is 1. The summed E-state index contributed by atoms with van der Waals surface area (Å²) in [7, 11) is 0. The average Bonchev–Trinajstić information content (AvgIpc) is 2.15. The zero-order valence-electron chi connectivity index (χ0n) is 10.6. The Balaban J connectivity index is 2.45. The Kier molecular flexibility index (Phi) is 4.39. The van der Waals surface area contributed by atoms with E-state index in [4.69, 9.17) is 4.74 Å². The Hall–Kier alpha value is -0.990. The maximum absolute atomic E-state index is 11.6. The lowest BCUT2D eigenvalue weighted by Crippen LogP contribution is -2.43. The van der Waals surface area contributed by atoms with Gasteiger partial charge in [0.2, 0.25) is 0 Å². The van der Waals surface area contributed by atoms with E-state index in [1.54, 1.807) is 0 Å². The van der Waals surface area contributed by atoms with Crippen molar-refractivity contribution in [1.82, 2.24) is 5.32 Å². The fraction of sp³-hybridized carbons (Fsp3) is 0.769. The number of rotatable bonds is 2. The molecule has 2 atom stereocenters. The second-order valence-corrected chi connectivity index (χ2v) is 5.44. The predicted octanol–water partition coefficient (Wildman–Crippen LogP) is 3.26. The summed E-state index contributed by atoms with van der Waals surface area (Å²) in [5, 5.41) is 2.94. The van der Waals surface area contributed by atoms with E-state index < -0.39 is 5.60 Å². The molecule has 0 radical (unpaired) electrons. The summed E-state index contributed by atoms with van der Waals surface area (Å²) < 4.78 is 5.25. The van der Waals surface area contributed by atoms with Gasteiger partial charge < -0.3 is 10.1 Å². The summed E-state index contributed by atoms with van der Waals surface area (Å²) in [4.78, 5) is 11.6. The second kappa shape index (κ2) is 5.37. The van der Waals surface area contributed by atoms with Crippen LogP contribution in [0.2, 0.25) is 0 Å². The number of alkyl carbamates (subject to hydrolysis) is 1. The molecule has 0 aromatic heterocycles. The van der Waals surface area contributed by atoms with Crippen LogP contribution >= 0.6 is 0 Å². The molecule has 1 rings (SSSR count). The normalized spacial score (nSPS) is 25.9. The third-order valence-corrected chi connectivity index (χ3v) is 2.82. The maximum atomic E-state index is 11.6. The SMILES string of the molecule is C=CC1CCCCC1NC(=O)OC(C)(C)C. The third-order valence-electron chi connectivity index (χ3n) is 2.82. The third kappa shape index (κ3) is 4.25. The zero-order valence-corrected chi connectivity index (χ0v) is 10.6. The van der Waals surface area contributed by atoms with E-state index in [0.29, 0.717) is 5.92 Å². The molecule has 1 aliphatic rings. The first-order chi connectivity index (χ1) is 7.42. The van der Waals surface area contributed by atoms with Crippen molar-refractivity contribution < 1.29 is 9.53 Å². The fourth-order valence-corrected chi connectivity index (χ4v) is 2.08. The highest BCUT2D eigenvalue weighted by Gasteiger charge is 2.26. The summed E-state index contributed by atoms with van der Waals surface area (Å²) in [5.41, 5.74) is -0.428. The summed E-state index contributed by atoms with van der Waals surface area (Å²) in [6, 6.07) is 0.195. The maximum Gasteiger partial charge on any atom is 0.407 e. The summed E-state index contributed by atoms with van der Waals surface area (Å²) in [6.45, 7) is 9.44. The molecule has 1 fully saturated rings. The monoisotopic (exact) mass is 225 g/mol. The molecule has 0 heterocycles. The summed E-state index contributed by atoms with van der Waals surface area (Å²) >= 11 is 0. The van der Waals surface area contributed by atoms with Crippen molar-refractivity contribution in [2.45, 2.75) is 58.1 Å². The van der Waals surface area contributed by atoms with Gasteiger partial charge in [-0.15, -0.1) is 6.58 Å². The fourth-order valence-electron chi connectivity index (χ4n) is 2.08. The van der Waals surface area contributed by atoms with Gasteiger partial charge in [0.25, 0.3) is 0 Å². The Bertz CT molecular complexity index is 255. The van der Waals surface area contributed by atoms with E-state index in [9.17, 15) is 4.79 Å². The lowest BCUT2D eigenvalue weighted by atomic mass is 9.85. The van der Waals surface area contributed by atoms with E-state index in [2.05, 4.69) is 11.9 Å². The molecule has 1 N–H and O–H groups in total. The predicted molar refractivity (Wildman–Crippen MR) is 65.3 cm³/mol. The minimum Gasteiger partial charge on any atom is -0.444 e. The van der Waals surface area contributed by atoms with Gasteiger partial charge in [0.15, 0.2) is 0 Å². The van der Waals surface area contributed by atoms with Gasteiger partial charge in [-0.2, -0.15) is 0 Å². The molecule has 16 heavy (non-hydrogen) atoms. The first-order valence-corrected chi connectivity index (χ1v) is 6.04. The molecule has 0 aromatic carbocycles. The van der Waals surface area contributed by atoms with Gasteiger partial charge in [-0.3, -0.25) is 0 Å². The zero-order chi connectivity index (χ0) is 12.2. The number of carbonyl (C=O) groups is 1. The van der Waals surface area contributed by atoms with Gasteiger partial charge in [-0.25, -0.2) is 4.79 Å². The summed E-state index contributed by atoms with van der Waals surface area (Å²) in [6.07, 6.45) is 6.17. The van der Waals surface area contributed by atoms with E-state index >= 15 is 0 Å². The molecular weight excluding hydrogens is 202 g/mol. The van der Waals surface area contributed by atoms with Crippen molar-refractivity contribution >= 4 is 6.09 Å². The molecule has 0 aliphatic heterocycles. The van der Waals surface area contributed by atoms with Gasteiger partial charge in [0, 0.05) is 6.04 Å². The first-order valence-electron chi connectivity index (χ1n) is 6.04. The van der Waals surface area contributed by atoms with Crippen molar-refractivity contribution in [2.24, 2.45) is 5.92 Å². The van der Waals surface area contributed by atoms with Crippen molar-refractivity contribution in [1.29, 1.82) is 0 Å². The van der Waals surface area contributed by atoms with Crippen LogP contribution < -0.4 is 5.32 Å². The van der Waals surface area contributed by atoms with Gasteiger partial charge in [-0.05, 0) is 39.5 Å². The van der Waals surface area contributed by atoms with E-state index in [1.807, 2.05) is 26.8 Å². The minimum absolute atomic E-state index is 0.195. The molecule has 0 spiro atoms. The lowest BCUT2D eigenvalue weighted by Gasteiger charge is -2.31. The topological polar surface area (TPSA) is 38.3 Å². The van der Waals surface area contributed by atoms with Gasteiger partial charge in [0.05, 0.1) is 0 Å². The van der Waals surface area contributed by atoms with Crippen molar-refractivity contribution in [3.63, 3.8) is 0 Å². The van der Waals surface area contributed by atoms with Crippen LogP contribution in [0, 0.1) is 5.92 Å². The van der Waals surface area contributed by atoms with Crippen LogP contribution in [0.15, 0.2) is 12.7 Å². The minimum atomic E-state index is -0.428. The van der Waals surface area contributed by atoms with Crippen LogP contribution in [0.25, 0.3) is 0 Å². The molecule has 0 saturated heterocycles. The molecule has 1 aliphatic carbocycles. The van der Waals surface area contributed by atoms with Crippen LogP contribution in [-0.4, -0.2) is 17.7 Å². The lowest BCUT2D eigenvalue weighted by molar-refractivity contribution is 0.0479. The number of nitrogens with one attached hydrogen (secondary N) is 1. The van der Waals surface area contributed by atoms with Gasteiger partial charge >= 0.3 is 6.09 Å². The highest BCUT2D eigenvalue weighted by atomic mass is 16.6. The smallest absolute Gasteiger partial charge is 0.407 e. The molecular formula is C13H23NO2. The van der Waals surface area contributed by atoms with E-state index in [1.165, 1.54) is 12.8 Å². The average molecular weight is 225 g/mol. The number of carbonyl (C=O) groups excluding carboxylic acids is 1. The van der Waals surface area contributed by atoms with Gasteiger partial charge in [-0.1, -0.05) is 18.9 Å². The number of hydrogen-bond acceptors (Lipinski definition) is 2. The van der Waals surface area contributed by atoms with Gasteiger partial charge in [0.1, 0.15) is 5.60 Å². The van der Waals surface area contributed by atoms with E-state index in [0.717, 1.165) is 12.8 Å². The molecule has 0 bridgehead atoms. The quantitative estimate of drug-likeness (QED) is 0.732. The number of ether oxygens (including phenoxy) is 1. The van der Waals surface area contributed by atoms with Crippen LogP contribution in [0.4, 0.5) is 4.79 Å². The Morgan fingerprint density at radius 3 is 2.56 bits per heavy atom. The highest BCUT2D eigenvalue weighted by Crippen LogP contribution is 2.25. The van der Waals surface area contributed by atoms with Crippen molar-refractivity contribution in [3.8, 4) is 0 Å². The van der Waals surface area contributed by atoms with Crippen molar-refractivity contribution in [3.05, 3.63) is 12.7 Å². The van der Waals surface area contributed by atoms with Crippen LogP contribution in [0.3, 0.4) is 0 Å². The Labute approximate surface area is 98.2 Å². The second-order valence-electron chi connectivity index (χ2n) is 5.44. The van der Waals surface area contributed by atoms with Crippen LogP contribution in [0.1, 0.15) is 46.5 Å². The van der Waals surface area contributed by atoms with Crippen LogP contribution in [-0.2, 0) is 4.74 Å². The molecule has 3 heteroatoms. The number of amides is 1. The largest absolute Gasteiger partial charge is 0.444 e. The van der Waals surface area contributed by atoms with Crippen LogP contribution in [0.5, 0.6) is 0 Å². The standard InChI is InChI=1S/C13H23NO2/c1-5-10-8-6-7-9-11(10)14-12(15)16-13(2,3)4/h5,10-11H,1,6-9H2,2-4H3,(H,14,15). The molecule has 92 valence electrons. The van der Waals surface area contributed by atoms with E-state index in [-0.39, 0.29) is 12.1 Å². The molecule has 1 amide bonds. The molecule has 1 saturated carbocycles. The first kappa shape index (κ1) is 13.1. The molecule has 2 unspecified atom stereocenters. The summed E-state index contributed by atoms with van der Waals surface area (Å²) in [5.74, 6) is 0.390. The molecule has 0 aromatic rings. The molecule has 3 nitrogen and oxygen atoms in total. The Morgan fingerprint density at radius 1 is 1.38 bits per heavy atom. The highest BCUT2D eigenvalue weighted by molar-refractivity contribution is 5.68. The van der Waals surface area contributed by atoms with Crippen molar-refractivity contribution in [2.75, 3.05) is 0 Å².